The van der Waals surface area contributed by atoms with Gasteiger partial charge in [-0.1, -0.05) is 74.9 Å². The number of para-hydroxylation sites is 2. The summed E-state index contributed by atoms with van der Waals surface area (Å²) in [5, 5.41) is 0. The Morgan fingerprint density at radius 2 is 1.07 bits per heavy atom. The fraction of sp³-hybridized carbons (Fsp3) is 0.211. The maximum absolute atomic E-state index is 2.55. The van der Waals surface area contributed by atoms with E-state index in [1.54, 1.807) is 0 Å². The van der Waals surface area contributed by atoms with Gasteiger partial charge in [-0.2, -0.15) is 0 Å². The van der Waals surface area contributed by atoms with Crippen LogP contribution in [0.4, 0.5) is 34.1 Å². The molecule has 3 heteroatoms. The zero-order valence-electron chi connectivity index (χ0n) is 25.2. The molecule has 0 spiro atoms. The highest BCUT2D eigenvalue weighted by atomic mass is 15.2. The van der Waals surface area contributed by atoms with Crippen LogP contribution in [0.25, 0.3) is 0 Å². The summed E-state index contributed by atoms with van der Waals surface area (Å²) in [6.45, 7) is 16.1. The fourth-order valence-electron chi connectivity index (χ4n) is 7.10. The van der Waals surface area contributed by atoms with Crippen LogP contribution in [-0.4, -0.2) is 6.71 Å². The smallest absolute Gasteiger partial charge is 0.252 e. The molecule has 5 aromatic rings. The molecule has 2 nitrogen and oxygen atoms in total. The van der Waals surface area contributed by atoms with Gasteiger partial charge in [-0.15, -0.1) is 0 Å². The molecule has 7 rings (SSSR count). The lowest BCUT2D eigenvalue weighted by molar-refractivity contribution is 0.590. The molecule has 0 radical (unpaired) electrons. The number of rotatable bonds is 2. The quantitative estimate of drug-likeness (QED) is 0.207. The van der Waals surface area contributed by atoms with Crippen LogP contribution in [0.15, 0.2) is 97.1 Å². The molecule has 0 saturated carbocycles. The average molecular weight is 533 g/mol. The van der Waals surface area contributed by atoms with Gasteiger partial charge in [0.1, 0.15) is 0 Å². The fourth-order valence-corrected chi connectivity index (χ4v) is 7.10. The molecule has 0 saturated heterocycles. The van der Waals surface area contributed by atoms with E-state index < -0.39 is 0 Å². The first-order valence-corrected chi connectivity index (χ1v) is 14.7. The largest absolute Gasteiger partial charge is 0.311 e. The molecule has 0 atom stereocenters. The van der Waals surface area contributed by atoms with Gasteiger partial charge < -0.3 is 9.80 Å². The Morgan fingerprint density at radius 1 is 0.512 bits per heavy atom. The number of hydrogen-bond acceptors (Lipinski definition) is 2. The number of anilines is 6. The minimum atomic E-state index is -0.0165. The highest BCUT2D eigenvalue weighted by molar-refractivity contribution is 7.00. The van der Waals surface area contributed by atoms with Crippen molar-refractivity contribution < 1.29 is 0 Å². The Labute approximate surface area is 245 Å². The van der Waals surface area contributed by atoms with Crippen molar-refractivity contribution in [1.29, 1.82) is 0 Å². The second-order valence-electron chi connectivity index (χ2n) is 13.0. The summed E-state index contributed by atoms with van der Waals surface area (Å²) in [4.78, 5) is 5.05. The lowest BCUT2D eigenvalue weighted by atomic mass is 9.32. The third-order valence-electron chi connectivity index (χ3n) is 8.78. The second kappa shape index (κ2) is 9.14. The molecule has 5 aromatic carbocycles. The lowest BCUT2D eigenvalue weighted by Crippen LogP contribution is -2.62. The van der Waals surface area contributed by atoms with Crippen molar-refractivity contribution in [1.82, 2.24) is 0 Å². The summed E-state index contributed by atoms with van der Waals surface area (Å²) in [7, 11) is 0. The number of nitrogens with zero attached hydrogens (tertiary/aromatic N) is 2. The van der Waals surface area contributed by atoms with Gasteiger partial charge in [0.15, 0.2) is 0 Å². The van der Waals surface area contributed by atoms with Crippen molar-refractivity contribution in [3.63, 3.8) is 0 Å². The molecule has 0 N–H and O–H groups in total. The molecule has 0 unspecified atom stereocenters. The van der Waals surface area contributed by atoms with Gasteiger partial charge in [0, 0.05) is 34.1 Å². The first-order valence-electron chi connectivity index (χ1n) is 14.7. The molecule has 0 aliphatic carbocycles. The van der Waals surface area contributed by atoms with Crippen molar-refractivity contribution in [3.8, 4) is 0 Å². The van der Waals surface area contributed by atoms with Crippen LogP contribution < -0.4 is 26.2 Å². The van der Waals surface area contributed by atoms with Gasteiger partial charge in [-0.25, -0.2) is 0 Å². The third-order valence-corrected chi connectivity index (χ3v) is 8.78. The topological polar surface area (TPSA) is 6.48 Å². The zero-order valence-corrected chi connectivity index (χ0v) is 25.2. The first-order chi connectivity index (χ1) is 19.6. The molecule has 2 heterocycles. The molecular weight excluding hydrogens is 495 g/mol. The van der Waals surface area contributed by atoms with E-state index in [9.17, 15) is 0 Å². The van der Waals surface area contributed by atoms with E-state index >= 15 is 0 Å². The van der Waals surface area contributed by atoms with E-state index in [4.69, 9.17) is 0 Å². The van der Waals surface area contributed by atoms with Crippen molar-refractivity contribution in [2.45, 2.75) is 53.9 Å². The summed E-state index contributed by atoms with van der Waals surface area (Å²) in [6.07, 6.45) is 0. The van der Waals surface area contributed by atoms with E-state index in [1.807, 2.05) is 0 Å². The summed E-state index contributed by atoms with van der Waals surface area (Å²) < 4.78 is 0. The van der Waals surface area contributed by atoms with E-state index in [1.165, 1.54) is 78.3 Å². The normalized spacial score (nSPS) is 13.6. The molecule has 41 heavy (non-hydrogen) atoms. The highest BCUT2D eigenvalue weighted by Crippen LogP contribution is 2.46. The minimum absolute atomic E-state index is 0.0165. The molecule has 0 aromatic heterocycles. The van der Waals surface area contributed by atoms with Crippen LogP contribution >= 0.6 is 0 Å². The Balaban J connectivity index is 1.66. The minimum Gasteiger partial charge on any atom is -0.311 e. The molecule has 0 fully saturated rings. The first kappa shape index (κ1) is 25.7. The van der Waals surface area contributed by atoms with Crippen LogP contribution in [0, 0.1) is 27.7 Å². The lowest BCUT2D eigenvalue weighted by Gasteiger charge is -2.45. The van der Waals surface area contributed by atoms with E-state index in [-0.39, 0.29) is 12.1 Å². The molecular formula is C38H37BN2. The highest BCUT2D eigenvalue weighted by Gasteiger charge is 2.44. The monoisotopic (exact) mass is 532 g/mol. The number of aryl methyl sites for hydroxylation is 4. The second-order valence-corrected chi connectivity index (χ2v) is 13.0. The van der Waals surface area contributed by atoms with E-state index in [2.05, 4.69) is 155 Å². The Hall–Kier alpha value is -4.24. The van der Waals surface area contributed by atoms with Gasteiger partial charge in [0.05, 0.1) is 0 Å². The van der Waals surface area contributed by atoms with Crippen LogP contribution in [0.3, 0.4) is 0 Å². The van der Waals surface area contributed by atoms with Gasteiger partial charge >= 0.3 is 0 Å². The molecule has 0 bridgehead atoms. The van der Waals surface area contributed by atoms with E-state index in [0.717, 1.165) is 0 Å². The Morgan fingerprint density at radius 3 is 1.73 bits per heavy atom. The Kier molecular flexibility index (Phi) is 5.73. The summed E-state index contributed by atoms with van der Waals surface area (Å²) in [5.74, 6) is 0. The number of fused-ring (bicyclic) bond motifs is 4. The van der Waals surface area contributed by atoms with Crippen molar-refractivity contribution in [2.24, 2.45) is 0 Å². The molecule has 2 aliphatic heterocycles. The predicted molar refractivity (Wildman–Crippen MR) is 178 cm³/mol. The summed E-state index contributed by atoms with van der Waals surface area (Å²) in [5.41, 5.74) is 18.2. The van der Waals surface area contributed by atoms with E-state index in [0.29, 0.717) is 0 Å². The summed E-state index contributed by atoms with van der Waals surface area (Å²) in [6, 6.07) is 36.6. The van der Waals surface area contributed by atoms with Crippen LogP contribution in [0.2, 0.25) is 0 Å². The number of hydrogen-bond donors (Lipinski definition) is 0. The summed E-state index contributed by atoms with van der Waals surface area (Å²) >= 11 is 0. The van der Waals surface area contributed by atoms with Crippen molar-refractivity contribution in [3.05, 3.63) is 125 Å². The maximum atomic E-state index is 2.55. The van der Waals surface area contributed by atoms with Gasteiger partial charge in [-0.05, 0) is 120 Å². The van der Waals surface area contributed by atoms with Crippen LogP contribution in [0.1, 0.15) is 48.6 Å². The van der Waals surface area contributed by atoms with Crippen LogP contribution in [0.5, 0.6) is 0 Å². The zero-order chi connectivity index (χ0) is 28.6. The predicted octanol–water partition coefficient (Wildman–Crippen LogP) is 8.30. The molecule has 202 valence electrons. The SMILES string of the molecule is Cc1cc(C)cc(N2c3cc(C)cc(C)c3B3c4ccccc4N(c4ccccc4)c4cc(C(C)(C)C)cc2c43)c1. The molecule has 2 aliphatic rings. The molecule has 0 amide bonds. The number of benzene rings is 5. The van der Waals surface area contributed by atoms with Crippen molar-refractivity contribution in [2.75, 3.05) is 9.80 Å². The van der Waals surface area contributed by atoms with Crippen molar-refractivity contribution >= 4 is 57.2 Å². The standard InChI is InChI=1S/C38H37BN2/c1-24-17-25(2)20-30(19-24)41-33-21-26(3)18-27(4)36(33)39-31-15-11-12-16-32(31)40(29-13-9-8-10-14-29)34-22-28(38(5,6)7)23-35(41)37(34)39/h8-23H,1-7H3. The van der Waals surface area contributed by atoms with Gasteiger partial charge in [0.25, 0.3) is 6.71 Å². The van der Waals surface area contributed by atoms with Gasteiger partial charge in [0.2, 0.25) is 0 Å². The van der Waals surface area contributed by atoms with Gasteiger partial charge in [-0.3, -0.25) is 0 Å². The van der Waals surface area contributed by atoms with Crippen LogP contribution in [-0.2, 0) is 5.41 Å². The third kappa shape index (κ3) is 4.02. The Bertz CT molecular complexity index is 1810. The average Bonchev–Trinajstić information content (AvgIpc) is 2.92. The maximum Gasteiger partial charge on any atom is 0.252 e.